The number of nitrogens with one attached hydrogen (secondary N) is 1. The molecule has 24 heavy (non-hydrogen) atoms. The van der Waals surface area contributed by atoms with Crippen LogP contribution in [0.5, 0.6) is 0 Å². The highest BCUT2D eigenvalue weighted by Crippen LogP contribution is 2.45. The van der Waals surface area contributed by atoms with Gasteiger partial charge in [0.1, 0.15) is 0 Å². The normalized spacial score (nSPS) is 22.5. The second-order valence-electron chi connectivity index (χ2n) is 9.43. The van der Waals surface area contributed by atoms with Gasteiger partial charge in [-0.05, 0) is 77.3 Å². The van der Waals surface area contributed by atoms with Crippen molar-refractivity contribution in [2.45, 2.75) is 86.1 Å². The summed E-state index contributed by atoms with van der Waals surface area (Å²) in [5.41, 5.74) is 3.22. The maximum atomic E-state index is 4.44. The van der Waals surface area contributed by atoms with Gasteiger partial charge in [-0.2, -0.15) is 0 Å². The minimum absolute atomic E-state index is 0.414. The third kappa shape index (κ3) is 5.47. The summed E-state index contributed by atoms with van der Waals surface area (Å²) in [5, 5.41) is 3.76. The highest BCUT2D eigenvalue weighted by Gasteiger charge is 2.35. The van der Waals surface area contributed by atoms with E-state index in [1.807, 2.05) is 6.20 Å². The number of pyridine rings is 1. The van der Waals surface area contributed by atoms with Gasteiger partial charge >= 0.3 is 0 Å². The molecule has 2 nitrogen and oxygen atoms in total. The van der Waals surface area contributed by atoms with Gasteiger partial charge in [-0.1, -0.05) is 41.5 Å². The third-order valence-corrected chi connectivity index (χ3v) is 6.08. The second kappa shape index (κ2) is 7.76. The number of aromatic nitrogens is 1. The minimum Gasteiger partial charge on any atom is -0.381 e. The number of anilines is 1. The van der Waals surface area contributed by atoms with E-state index in [2.05, 4.69) is 73.8 Å². The quantitative estimate of drug-likeness (QED) is 0.590. The summed E-state index contributed by atoms with van der Waals surface area (Å²) in [4.78, 5) is 4.44. The van der Waals surface area contributed by atoms with Crippen molar-refractivity contribution in [2.75, 3.05) is 5.32 Å². The predicted molar refractivity (Wildman–Crippen MR) is 109 cm³/mol. The molecule has 0 atom stereocenters. The van der Waals surface area contributed by atoms with Crippen LogP contribution in [0.4, 0.5) is 5.69 Å². The number of halogens is 1. The summed E-state index contributed by atoms with van der Waals surface area (Å²) < 4.78 is 1.08. The van der Waals surface area contributed by atoms with Gasteiger partial charge < -0.3 is 5.32 Å². The van der Waals surface area contributed by atoms with Gasteiger partial charge in [-0.15, -0.1) is 0 Å². The average molecular weight is 395 g/mol. The lowest BCUT2D eigenvalue weighted by atomic mass is 9.64. The van der Waals surface area contributed by atoms with Crippen molar-refractivity contribution in [3.05, 3.63) is 22.4 Å². The summed E-state index contributed by atoms with van der Waals surface area (Å²) in [6, 6.07) is 2.79. The molecule has 0 unspecified atom stereocenters. The zero-order chi connectivity index (χ0) is 18.0. The molecule has 1 aliphatic carbocycles. The van der Waals surface area contributed by atoms with E-state index in [1.165, 1.54) is 37.8 Å². The number of aryl methyl sites for hydroxylation is 1. The van der Waals surface area contributed by atoms with Crippen LogP contribution in [0.25, 0.3) is 0 Å². The minimum atomic E-state index is 0.414. The smallest absolute Gasteiger partial charge is 0.0590 e. The highest BCUT2D eigenvalue weighted by atomic mass is 79.9. The molecule has 136 valence electrons. The Hall–Kier alpha value is -0.570. The molecule has 1 N–H and O–H groups in total. The molecule has 2 rings (SSSR count). The molecule has 1 aromatic heterocycles. The molecule has 0 bridgehead atoms. The van der Waals surface area contributed by atoms with Crippen LogP contribution in [0.2, 0.25) is 0 Å². The van der Waals surface area contributed by atoms with Crippen LogP contribution in [0.3, 0.4) is 0 Å². The van der Waals surface area contributed by atoms with E-state index in [9.17, 15) is 0 Å². The van der Waals surface area contributed by atoms with Gasteiger partial charge in [0.25, 0.3) is 0 Å². The van der Waals surface area contributed by atoms with E-state index >= 15 is 0 Å². The first kappa shape index (κ1) is 19.8. The molecule has 1 fully saturated rings. The van der Waals surface area contributed by atoms with Crippen LogP contribution in [0.15, 0.2) is 16.7 Å². The van der Waals surface area contributed by atoms with Gasteiger partial charge in [0.2, 0.25) is 0 Å². The summed E-state index contributed by atoms with van der Waals surface area (Å²) in [7, 11) is 0. The third-order valence-electron chi connectivity index (χ3n) is 5.45. The van der Waals surface area contributed by atoms with E-state index in [-0.39, 0.29) is 0 Å². The number of hydrogen-bond donors (Lipinski definition) is 1. The molecule has 0 aliphatic heterocycles. The van der Waals surface area contributed by atoms with E-state index in [1.54, 1.807) is 0 Å². The fourth-order valence-corrected chi connectivity index (χ4v) is 4.87. The zero-order valence-corrected chi connectivity index (χ0v) is 18.0. The molecular formula is C21H35BrN2. The van der Waals surface area contributed by atoms with Crippen molar-refractivity contribution in [3.8, 4) is 0 Å². The van der Waals surface area contributed by atoms with Gasteiger partial charge in [-0.25, -0.2) is 0 Å². The van der Waals surface area contributed by atoms with E-state index in [0.717, 1.165) is 22.5 Å². The highest BCUT2D eigenvalue weighted by molar-refractivity contribution is 9.10. The predicted octanol–water partition coefficient (Wildman–Crippen LogP) is 6.84. The SMILES string of the molecule is CCc1cc(N[C@H]2CC[C@@H](C(C)(C)CC(C)(C)C)CC2)c(Br)cn1. The lowest BCUT2D eigenvalue weighted by molar-refractivity contribution is 0.0968. The fraction of sp³-hybridized carbons (Fsp3) is 0.762. The van der Waals surface area contributed by atoms with Crippen molar-refractivity contribution in [1.29, 1.82) is 0 Å². The maximum Gasteiger partial charge on any atom is 0.0590 e. The number of hydrogen-bond acceptors (Lipinski definition) is 2. The molecule has 1 heterocycles. The fourth-order valence-electron chi connectivity index (χ4n) is 4.54. The number of rotatable bonds is 5. The largest absolute Gasteiger partial charge is 0.381 e. The number of nitrogens with zero attached hydrogens (tertiary/aromatic N) is 1. The molecule has 3 heteroatoms. The Labute approximate surface area is 157 Å². The van der Waals surface area contributed by atoms with Crippen LogP contribution in [-0.4, -0.2) is 11.0 Å². The van der Waals surface area contributed by atoms with Crippen molar-refractivity contribution >= 4 is 21.6 Å². The molecule has 0 spiro atoms. The molecule has 1 aromatic rings. The van der Waals surface area contributed by atoms with Crippen LogP contribution in [0.1, 0.15) is 79.3 Å². The molecular weight excluding hydrogens is 360 g/mol. The first-order chi connectivity index (χ1) is 11.1. The van der Waals surface area contributed by atoms with Crippen molar-refractivity contribution < 1.29 is 0 Å². The van der Waals surface area contributed by atoms with Crippen LogP contribution >= 0.6 is 15.9 Å². The van der Waals surface area contributed by atoms with E-state index in [0.29, 0.717) is 16.9 Å². The Morgan fingerprint density at radius 2 is 1.75 bits per heavy atom. The van der Waals surface area contributed by atoms with Gasteiger partial charge in [-0.3, -0.25) is 4.98 Å². The van der Waals surface area contributed by atoms with Crippen LogP contribution < -0.4 is 5.32 Å². The summed E-state index contributed by atoms with van der Waals surface area (Å²) in [6.07, 6.45) is 9.44. The van der Waals surface area contributed by atoms with Crippen molar-refractivity contribution in [1.82, 2.24) is 4.98 Å². The summed E-state index contributed by atoms with van der Waals surface area (Å²) in [5.74, 6) is 0.849. The lowest BCUT2D eigenvalue weighted by Gasteiger charge is -2.43. The van der Waals surface area contributed by atoms with Gasteiger partial charge in [0, 0.05) is 17.9 Å². The summed E-state index contributed by atoms with van der Waals surface area (Å²) >= 11 is 3.64. The second-order valence-corrected chi connectivity index (χ2v) is 10.3. The Balaban J connectivity index is 1.93. The van der Waals surface area contributed by atoms with Gasteiger partial charge in [0.05, 0.1) is 10.2 Å². The zero-order valence-electron chi connectivity index (χ0n) is 16.4. The molecule has 0 saturated heterocycles. The first-order valence-electron chi connectivity index (χ1n) is 9.51. The molecule has 0 amide bonds. The lowest BCUT2D eigenvalue weighted by Crippen LogP contribution is -2.35. The molecule has 0 aromatic carbocycles. The monoisotopic (exact) mass is 394 g/mol. The van der Waals surface area contributed by atoms with E-state index in [4.69, 9.17) is 0 Å². The van der Waals surface area contributed by atoms with Crippen molar-refractivity contribution in [3.63, 3.8) is 0 Å². The Morgan fingerprint density at radius 3 is 2.29 bits per heavy atom. The Bertz CT molecular complexity index is 537. The van der Waals surface area contributed by atoms with Crippen LogP contribution in [0, 0.1) is 16.7 Å². The molecule has 1 aliphatic rings. The van der Waals surface area contributed by atoms with Crippen LogP contribution in [-0.2, 0) is 6.42 Å². The molecule has 1 saturated carbocycles. The average Bonchev–Trinajstić information content (AvgIpc) is 2.47. The Kier molecular flexibility index (Phi) is 6.39. The Morgan fingerprint density at radius 1 is 1.12 bits per heavy atom. The first-order valence-corrected chi connectivity index (χ1v) is 10.3. The standard InChI is InChI=1S/C21H35BrN2/c1-7-16-12-19(18(22)13-23-16)24-17-10-8-15(9-11-17)21(5,6)14-20(2,3)4/h12-13,15,17H,7-11,14H2,1-6H3,(H,23,24)/t15-,17+. The van der Waals surface area contributed by atoms with Gasteiger partial charge in [0.15, 0.2) is 0 Å². The maximum absolute atomic E-state index is 4.44. The van der Waals surface area contributed by atoms with E-state index < -0.39 is 0 Å². The van der Waals surface area contributed by atoms with Crippen molar-refractivity contribution in [2.24, 2.45) is 16.7 Å². The molecule has 0 radical (unpaired) electrons. The topological polar surface area (TPSA) is 24.9 Å². The summed E-state index contributed by atoms with van der Waals surface area (Å²) in [6.45, 7) is 14.2.